The number of hydrogen-bond acceptors (Lipinski definition) is 3. The molecule has 0 unspecified atom stereocenters. The van der Waals surface area contributed by atoms with E-state index in [0.717, 1.165) is 23.7 Å². The minimum atomic E-state index is 0.291. The van der Waals surface area contributed by atoms with Crippen molar-refractivity contribution in [3.05, 3.63) is 46.6 Å². The highest BCUT2D eigenvalue weighted by Gasteiger charge is 2.14. The number of hydrogen-bond donors (Lipinski definition) is 1. The molecule has 1 atom stereocenters. The molecule has 1 aromatic heterocycles. The molecule has 1 aromatic carbocycles. The molecule has 0 aliphatic heterocycles. The molecule has 0 saturated carbocycles. The fourth-order valence-electron chi connectivity index (χ4n) is 2.45. The lowest BCUT2D eigenvalue weighted by atomic mass is 10.1. The molecule has 1 N–H and O–H groups in total. The van der Waals surface area contributed by atoms with Crippen LogP contribution in [0.3, 0.4) is 0 Å². The van der Waals surface area contributed by atoms with Crippen LogP contribution >= 0.6 is 0 Å². The molecule has 20 heavy (non-hydrogen) atoms. The molecule has 2 aromatic rings. The molecule has 0 bridgehead atoms. The highest BCUT2D eigenvalue weighted by molar-refractivity contribution is 5.31. The first-order valence-corrected chi connectivity index (χ1v) is 6.89. The molecule has 108 valence electrons. The summed E-state index contributed by atoms with van der Waals surface area (Å²) in [5, 5.41) is 7.94. The van der Waals surface area contributed by atoms with E-state index in [1.807, 2.05) is 14.0 Å². The molecule has 4 nitrogen and oxygen atoms in total. The molecule has 0 aliphatic carbocycles. The van der Waals surface area contributed by atoms with Gasteiger partial charge in [0.15, 0.2) is 0 Å². The van der Waals surface area contributed by atoms with Gasteiger partial charge in [-0.05, 0) is 26.3 Å². The Balaban J connectivity index is 2.09. The zero-order valence-electron chi connectivity index (χ0n) is 12.9. The van der Waals surface area contributed by atoms with Crippen molar-refractivity contribution >= 4 is 0 Å². The van der Waals surface area contributed by atoms with Gasteiger partial charge in [0.1, 0.15) is 0 Å². The molecule has 2 rings (SSSR count). The van der Waals surface area contributed by atoms with Gasteiger partial charge in [0.2, 0.25) is 5.88 Å². The molecule has 0 saturated heterocycles. The third-order valence-corrected chi connectivity index (χ3v) is 3.61. The van der Waals surface area contributed by atoms with Gasteiger partial charge in [-0.2, -0.15) is 5.10 Å². The average molecular weight is 273 g/mol. The van der Waals surface area contributed by atoms with Gasteiger partial charge >= 0.3 is 0 Å². The number of methoxy groups -OCH3 is 1. The van der Waals surface area contributed by atoms with Gasteiger partial charge in [0.05, 0.1) is 18.4 Å². The summed E-state index contributed by atoms with van der Waals surface area (Å²) in [7, 11) is 3.59. The first-order chi connectivity index (χ1) is 9.52. The van der Waals surface area contributed by atoms with Gasteiger partial charge in [0.25, 0.3) is 0 Å². The van der Waals surface area contributed by atoms with Gasteiger partial charge in [-0.15, -0.1) is 0 Å². The van der Waals surface area contributed by atoms with Crippen LogP contribution in [0.25, 0.3) is 0 Å². The van der Waals surface area contributed by atoms with Crippen LogP contribution in [0.4, 0.5) is 0 Å². The molecule has 0 aliphatic rings. The van der Waals surface area contributed by atoms with E-state index in [1.54, 1.807) is 11.8 Å². The molecule has 0 radical (unpaired) electrons. The fourth-order valence-corrected chi connectivity index (χ4v) is 2.45. The van der Waals surface area contributed by atoms with Crippen LogP contribution in [-0.2, 0) is 13.6 Å². The molecule has 1 heterocycles. The molecular weight excluding hydrogens is 250 g/mol. The molecule has 0 amide bonds. The van der Waals surface area contributed by atoms with E-state index >= 15 is 0 Å². The third-order valence-electron chi connectivity index (χ3n) is 3.61. The van der Waals surface area contributed by atoms with Crippen molar-refractivity contribution in [1.29, 1.82) is 0 Å². The van der Waals surface area contributed by atoms with Crippen molar-refractivity contribution in [1.82, 2.24) is 15.1 Å². The Morgan fingerprint density at radius 3 is 2.75 bits per heavy atom. The third kappa shape index (κ3) is 3.02. The Bertz CT molecular complexity index is 589. The Morgan fingerprint density at radius 2 is 2.10 bits per heavy atom. The first kappa shape index (κ1) is 14.6. The largest absolute Gasteiger partial charge is 0.481 e. The van der Waals surface area contributed by atoms with Gasteiger partial charge in [0, 0.05) is 19.6 Å². The second-order valence-electron chi connectivity index (χ2n) is 5.21. The Kier molecular flexibility index (Phi) is 4.45. The molecule has 4 heteroatoms. The van der Waals surface area contributed by atoms with Crippen molar-refractivity contribution in [2.24, 2.45) is 7.05 Å². The zero-order valence-corrected chi connectivity index (χ0v) is 12.9. The summed E-state index contributed by atoms with van der Waals surface area (Å²) in [5.74, 6) is 0.825. The first-order valence-electron chi connectivity index (χ1n) is 6.89. The number of aromatic nitrogens is 2. The van der Waals surface area contributed by atoms with Gasteiger partial charge < -0.3 is 10.1 Å². The van der Waals surface area contributed by atoms with Crippen LogP contribution in [0.2, 0.25) is 0 Å². The summed E-state index contributed by atoms with van der Waals surface area (Å²) in [6.07, 6.45) is 0. The summed E-state index contributed by atoms with van der Waals surface area (Å²) in [6.45, 7) is 7.05. The maximum Gasteiger partial charge on any atom is 0.216 e. The smallest absolute Gasteiger partial charge is 0.216 e. The van der Waals surface area contributed by atoms with E-state index in [1.165, 1.54) is 11.1 Å². The van der Waals surface area contributed by atoms with E-state index in [9.17, 15) is 0 Å². The van der Waals surface area contributed by atoms with Crippen LogP contribution < -0.4 is 10.1 Å². The van der Waals surface area contributed by atoms with Crippen LogP contribution in [-0.4, -0.2) is 16.9 Å². The quantitative estimate of drug-likeness (QED) is 0.910. The Morgan fingerprint density at radius 1 is 1.35 bits per heavy atom. The van der Waals surface area contributed by atoms with E-state index < -0.39 is 0 Å². The predicted octanol–water partition coefficient (Wildman–Crippen LogP) is 2.90. The van der Waals surface area contributed by atoms with Gasteiger partial charge in [-0.3, -0.25) is 0 Å². The highest BCUT2D eigenvalue weighted by atomic mass is 16.5. The lowest BCUT2D eigenvalue weighted by Gasteiger charge is -2.15. The summed E-state index contributed by atoms with van der Waals surface area (Å²) in [6, 6.07) is 8.87. The molecule has 0 fully saturated rings. The fraction of sp³-hybridized carbons (Fsp3) is 0.438. The van der Waals surface area contributed by atoms with Crippen molar-refractivity contribution < 1.29 is 4.74 Å². The molecule has 0 spiro atoms. The zero-order chi connectivity index (χ0) is 14.7. The second kappa shape index (κ2) is 6.09. The van der Waals surface area contributed by atoms with E-state index in [-0.39, 0.29) is 0 Å². The van der Waals surface area contributed by atoms with Crippen LogP contribution in [0.1, 0.15) is 35.3 Å². The monoisotopic (exact) mass is 273 g/mol. The normalized spacial score (nSPS) is 12.4. The average Bonchev–Trinajstić information content (AvgIpc) is 2.69. The standard InChI is InChI=1S/C16H23N3O/c1-11-7-6-8-14(9-11)12(2)17-10-15-13(3)18-19(4)16(15)20-5/h6-9,12,17H,10H2,1-5H3/t12-/m1/s1. The summed E-state index contributed by atoms with van der Waals surface area (Å²) < 4.78 is 7.20. The Labute approximate surface area is 120 Å². The van der Waals surface area contributed by atoms with E-state index in [2.05, 4.69) is 48.5 Å². The van der Waals surface area contributed by atoms with Crippen LogP contribution in [0.15, 0.2) is 24.3 Å². The van der Waals surface area contributed by atoms with Gasteiger partial charge in [-0.1, -0.05) is 29.8 Å². The van der Waals surface area contributed by atoms with E-state index in [4.69, 9.17) is 4.74 Å². The summed E-state index contributed by atoms with van der Waals surface area (Å²) >= 11 is 0. The predicted molar refractivity (Wildman–Crippen MR) is 80.9 cm³/mol. The van der Waals surface area contributed by atoms with Crippen molar-refractivity contribution in [3.8, 4) is 5.88 Å². The number of aryl methyl sites for hydroxylation is 3. The number of nitrogens with zero attached hydrogens (tertiary/aromatic N) is 2. The topological polar surface area (TPSA) is 39.1 Å². The summed E-state index contributed by atoms with van der Waals surface area (Å²) in [5.41, 5.74) is 4.71. The Hall–Kier alpha value is -1.81. The maximum atomic E-state index is 5.41. The highest BCUT2D eigenvalue weighted by Crippen LogP contribution is 2.22. The lowest BCUT2D eigenvalue weighted by molar-refractivity contribution is 0.367. The molecular formula is C16H23N3O. The minimum Gasteiger partial charge on any atom is -0.481 e. The van der Waals surface area contributed by atoms with E-state index in [0.29, 0.717) is 6.04 Å². The van der Waals surface area contributed by atoms with Crippen LogP contribution in [0, 0.1) is 13.8 Å². The van der Waals surface area contributed by atoms with Crippen molar-refractivity contribution in [3.63, 3.8) is 0 Å². The number of benzene rings is 1. The van der Waals surface area contributed by atoms with Crippen LogP contribution in [0.5, 0.6) is 5.88 Å². The maximum absolute atomic E-state index is 5.41. The number of nitrogens with one attached hydrogen (secondary N) is 1. The lowest BCUT2D eigenvalue weighted by Crippen LogP contribution is -2.18. The van der Waals surface area contributed by atoms with Gasteiger partial charge in [-0.25, -0.2) is 4.68 Å². The SMILES string of the molecule is COc1c(CN[C@H](C)c2cccc(C)c2)c(C)nn1C. The minimum absolute atomic E-state index is 0.291. The summed E-state index contributed by atoms with van der Waals surface area (Å²) in [4.78, 5) is 0. The number of ether oxygens (including phenoxy) is 1. The van der Waals surface area contributed by atoms with Crippen molar-refractivity contribution in [2.45, 2.75) is 33.4 Å². The second-order valence-corrected chi connectivity index (χ2v) is 5.21. The number of rotatable bonds is 5. The van der Waals surface area contributed by atoms with Crippen molar-refractivity contribution in [2.75, 3.05) is 7.11 Å².